The molecule has 0 amide bonds. The van der Waals surface area contributed by atoms with Crippen LogP contribution >= 0.6 is 0 Å². The molecule has 0 aromatic rings. The molecule has 0 heterocycles. The normalized spacial score (nSPS) is 13.1. The van der Waals surface area contributed by atoms with Crippen molar-refractivity contribution in [3.63, 3.8) is 0 Å². The fourth-order valence-corrected chi connectivity index (χ4v) is 0.107. The SMILES string of the molecule is F[C-](F)C(F)(F)C(F)(F)F.[Cu+]. The molecule has 0 aromatic heterocycles. The predicted octanol–water partition coefficient (Wildman–Crippen LogP) is 2.61. The Kier molecular flexibility index (Phi) is 4.48. The Morgan fingerprint density at radius 3 is 1.09 bits per heavy atom. The maximum Gasteiger partial charge on any atom is 1.00 e. The number of hydrogen-bond donors (Lipinski definition) is 0. The van der Waals surface area contributed by atoms with E-state index in [0.29, 0.717) is 0 Å². The second-order valence-electron chi connectivity index (χ2n) is 1.33. The fraction of sp³-hybridized carbons (Fsp3) is 0.667. The van der Waals surface area contributed by atoms with Crippen LogP contribution in [0.15, 0.2) is 0 Å². The van der Waals surface area contributed by atoms with Gasteiger partial charge in [0.1, 0.15) is 0 Å². The van der Waals surface area contributed by atoms with Gasteiger partial charge in [-0.1, -0.05) is 0 Å². The first-order valence-electron chi connectivity index (χ1n) is 1.82. The van der Waals surface area contributed by atoms with E-state index in [0.717, 1.165) is 0 Å². The van der Waals surface area contributed by atoms with Crippen molar-refractivity contribution in [2.75, 3.05) is 0 Å². The fourth-order valence-electron chi connectivity index (χ4n) is 0.107. The molecule has 0 saturated heterocycles. The van der Waals surface area contributed by atoms with Gasteiger partial charge in [0.15, 0.2) is 0 Å². The molecule has 0 bridgehead atoms. The van der Waals surface area contributed by atoms with Crippen molar-refractivity contribution < 1.29 is 47.8 Å². The van der Waals surface area contributed by atoms with E-state index in [-0.39, 0.29) is 17.1 Å². The molecule has 0 N–H and O–H groups in total. The first-order chi connectivity index (χ1) is 4.19. The molecule has 72 valence electrons. The quantitative estimate of drug-likeness (QED) is 0.370. The summed E-state index contributed by atoms with van der Waals surface area (Å²) < 4.78 is 76.3. The van der Waals surface area contributed by atoms with Crippen LogP contribution in [0.25, 0.3) is 0 Å². The van der Waals surface area contributed by atoms with Gasteiger partial charge in [-0.3, -0.25) is 0 Å². The topological polar surface area (TPSA) is 0 Å². The second-order valence-corrected chi connectivity index (χ2v) is 1.33. The number of hydrogen-bond acceptors (Lipinski definition) is 0. The van der Waals surface area contributed by atoms with E-state index < -0.39 is 18.5 Å². The van der Waals surface area contributed by atoms with Crippen molar-refractivity contribution in [1.29, 1.82) is 0 Å². The first kappa shape index (κ1) is 13.6. The second kappa shape index (κ2) is 3.62. The van der Waals surface area contributed by atoms with Crippen LogP contribution in [0.2, 0.25) is 0 Å². The van der Waals surface area contributed by atoms with Crippen LogP contribution in [0, 0.1) is 6.43 Å². The Morgan fingerprint density at radius 2 is 1.09 bits per heavy atom. The molecule has 0 nitrogen and oxygen atoms in total. The third-order valence-corrected chi connectivity index (χ3v) is 0.593. The third kappa shape index (κ3) is 2.86. The van der Waals surface area contributed by atoms with Crippen LogP contribution in [-0.4, -0.2) is 12.1 Å². The van der Waals surface area contributed by atoms with Gasteiger partial charge in [0.25, 0.3) is 5.92 Å². The van der Waals surface area contributed by atoms with E-state index in [9.17, 15) is 30.7 Å². The maximum absolute atomic E-state index is 11.1. The molecular formula is C3CuF7. The van der Waals surface area contributed by atoms with E-state index >= 15 is 0 Å². The monoisotopic (exact) mass is 232 g/mol. The molecular weight excluding hydrogens is 233 g/mol. The molecule has 0 saturated carbocycles. The van der Waals surface area contributed by atoms with E-state index in [1.807, 2.05) is 0 Å². The van der Waals surface area contributed by atoms with Gasteiger partial charge in [0.05, 0.1) is 6.43 Å². The average Bonchev–Trinajstić information content (AvgIpc) is 1.62. The first-order valence-corrected chi connectivity index (χ1v) is 1.82. The smallest absolute Gasteiger partial charge is 0.415 e. The van der Waals surface area contributed by atoms with Crippen molar-refractivity contribution in [3.8, 4) is 0 Å². The van der Waals surface area contributed by atoms with Crippen LogP contribution in [0.4, 0.5) is 30.7 Å². The minimum atomic E-state index is -6.20. The molecule has 0 aliphatic rings. The van der Waals surface area contributed by atoms with Crippen LogP contribution in [0.5, 0.6) is 0 Å². The molecule has 11 heavy (non-hydrogen) atoms. The largest absolute Gasteiger partial charge is 1.00 e. The van der Waals surface area contributed by atoms with Gasteiger partial charge in [0.2, 0.25) is 0 Å². The van der Waals surface area contributed by atoms with Crippen molar-refractivity contribution in [2.24, 2.45) is 0 Å². The Labute approximate surface area is 67.2 Å². The van der Waals surface area contributed by atoms with Crippen molar-refractivity contribution in [2.45, 2.75) is 12.1 Å². The van der Waals surface area contributed by atoms with Crippen molar-refractivity contribution >= 4 is 0 Å². The van der Waals surface area contributed by atoms with E-state index in [1.54, 1.807) is 0 Å². The molecule has 0 radical (unpaired) electrons. The van der Waals surface area contributed by atoms with Crippen LogP contribution in [-0.2, 0) is 17.1 Å². The van der Waals surface area contributed by atoms with Gasteiger partial charge in [0, 0.05) is 0 Å². The Hall–Kier alpha value is 0.0295. The molecule has 0 aromatic carbocycles. The summed E-state index contributed by atoms with van der Waals surface area (Å²) >= 11 is 0. The molecule has 0 aliphatic carbocycles. The summed E-state index contributed by atoms with van der Waals surface area (Å²) in [5, 5.41) is 0. The van der Waals surface area contributed by atoms with E-state index in [4.69, 9.17) is 0 Å². The number of rotatable bonds is 1. The Bertz CT molecular complexity index is 115. The summed E-state index contributed by atoms with van der Waals surface area (Å²) in [5.41, 5.74) is 0. The van der Waals surface area contributed by atoms with E-state index in [2.05, 4.69) is 0 Å². The minimum absolute atomic E-state index is 0. The standard InChI is InChI=1S/C3F7.Cu/c4-1(5)2(6,7)3(8,9)10;/q-1;+1. The number of halogens is 7. The molecule has 0 rings (SSSR count). The van der Waals surface area contributed by atoms with E-state index in [1.165, 1.54) is 0 Å². The summed E-state index contributed by atoms with van der Waals surface area (Å²) in [7, 11) is 0. The molecule has 0 spiro atoms. The van der Waals surface area contributed by atoms with Gasteiger partial charge in [-0.25, -0.2) is 8.78 Å². The Morgan fingerprint density at radius 1 is 0.818 bits per heavy atom. The molecule has 8 heteroatoms. The van der Waals surface area contributed by atoms with Gasteiger partial charge in [-0.15, -0.1) is 0 Å². The van der Waals surface area contributed by atoms with Gasteiger partial charge < -0.3 is 8.78 Å². The number of alkyl halides is 5. The maximum atomic E-state index is 11.1. The summed E-state index contributed by atoms with van der Waals surface area (Å²) in [6.45, 7) is 0. The molecule has 0 atom stereocenters. The minimum Gasteiger partial charge on any atom is -0.415 e. The zero-order chi connectivity index (χ0) is 8.58. The van der Waals surface area contributed by atoms with Gasteiger partial charge >= 0.3 is 23.2 Å². The zero-order valence-electron chi connectivity index (χ0n) is 4.45. The summed E-state index contributed by atoms with van der Waals surface area (Å²) in [5.74, 6) is -5.98. The van der Waals surface area contributed by atoms with Gasteiger partial charge in [-0.05, 0) is 0 Å². The molecule has 0 fully saturated rings. The van der Waals surface area contributed by atoms with Crippen LogP contribution < -0.4 is 0 Å². The summed E-state index contributed by atoms with van der Waals surface area (Å²) in [6.07, 6.45) is -10.1. The summed E-state index contributed by atoms with van der Waals surface area (Å²) in [6, 6.07) is 0. The molecule has 0 aliphatic heterocycles. The Balaban J connectivity index is 0. The zero-order valence-corrected chi connectivity index (χ0v) is 5.39. The third-order valence-electron chi connectivity index (χ3n) is 0.593. The van der Waals surface area contributed by atoms with Crippen molar-refractivity contribution in [3.05, 3.63) is 6.43 Å². The molecule has 0 unspecified atom stereocenters. The predicted molar refractivity (Wildman–Crippen MR) is 16.5 cm³/mol. The average molecular weight is 233 g/mol. The van der Waals surface area contributed by atoms with Crippen LogP contribution in [0.1, 0.15) is 0 Å². The van der Waals surface area contributed by atoms with Crippen LogP contribution in [0.3, 0.4) is 0 Å². The summed E-state index contributed by atoms with van der Waals surface area (Å²) in [4.78, 5) is 0. The van der Waals surface area contributed by atoms with Gasteiger partial charge in [-0.2, -0.15) is 13.2 Å². The van der Waals surface area contributed by atoms with Crippen molar-refractivity contribution in [1.82, 2.24) is 0 Å².